The molecule has 138 valence electrons. The minimum absolute atomic E-state index is 0.127. The summed E-state index contributed by atoms with van der Waals surface area (Å²) >= 11 is 6.34. The van der Waals surface area contributed by atoms with Gasteiger partial charge in [0.1, 0.15) is 5.82 Å². The Morgan fingerprint density at radius 1 is 1.15 bits per heavy atom. The van der Waals surface area contributed by atoms with Crippen LogP contribution in [0.15, 0.2) is 42.5 Å². The largest absolute Gasteiger partial charge is 0.392 e. The second kappa shape index (κ2) is 6.79. The third-order valence-electron chi connectivity index (χ3n) is 5.94. The molecule has 1 aliphatic heterocycles. The molecule has 1 aromatic heterocycles. The van der Waals surface area contributed by atoms with Gasteiger partial charge in [-0.2, -0.15) is 0 Å². The Kier molecular flexibility index (Phi) is 4.27. The molecule has 0 radical (unpaired) electrons. The van der Waals surface area contributed by atoms with E-state index in [0.717, 1.165) is 60.0 Å². The lowest BCUT2D eigenvalue weighted by Gasteiger charge is -2.31. The summed E-state index contributed by atoms with van der Waals surface area (Å²) in [5.74, 6) is 0.865. The summed E-state index contributed by atoms with van der Waals surface area (Å²) in [6.07, 6.45) is 3.03. The summed E-state index contributed by atoms with van der Waals surface area (Å²) in [6.45, 7) is 2.04. The number of fused-ring (bicyclic) bond motifs is 2. The molecule has 1 aliphatic carbocycles. The summed E-state index contributed by atoms with van der Waals surface area (Å²) in [7, 11) is 0. The fourth-order valence-corrected chi connectivity index (χ4v) is 4.74. The number of nitrogens with zero attached hydrogens (tertiary/aromatic N) is 2. The van der Waals surface area contributed by atoms with Crippen LogP contribution in [0.2, 0.25) is 5.02 Å². The van der Waals surface area contributed by atoms with E-state index in [9.17, 15) is 5.11 Å². The van der Waals surface area contributed by atoms with Crippen LogP contribution in [0.25, 0.3) is 11.4 Å². The molecule has 0 saturated carbocycles. The van der Waals surface area contributed by atoms with Crippen molar-refractivity contribution in [2.24, 2.45) is 0 Å². The molecule has 2 aliphatic rings. The maximum absolute atomic E-state index is 9.62. The first-order chi connectivity index (χ1) is 13.2. The monoisotopic (exact) mass is 379 g/mol. The minimum Gasteiger partial charge on any atom is -0.392 e. The molecular weight excluding hydrogens is 358 g/mol. The summed E-state index contributed by atoms with van der Waals surface area (Å²) < 4.78 is 0. The van der Waals surface area contributed by atoms with Gasteiger partial charge in [0.05, 0.1) is 23.0 Å². The highest BCUT2D eigenvalue weighted by atomic mass is 35.5. The van der Waals surface area contributed by atoms with Gasteiger partial charge in [0.2, 0.25) is 0 Å². The average Bonchev–Trinajstić information content (AvgIpc) is 3.31. The SMILES string of the molecule is OCc1cccc2c1CC(N1CCc3nc(-c4ccccc4Cl)[nH]c3C1)C2. The van der Waals surface area contributed by atoms with Crippen molar-refractivity contribution in [3.8, 4) is 11.4 Å². The minimum atomic E-state index is 0.127. The maximum atomic E-state index is 9.62. The maximum Gasteiger partial charge on any atom is 0.139 e. The Bertz CT molecular complexity index is 997. The molecule has 5 rings (SSSR count). The molecule has 2 aromatic carbocycles. The molecule has 0 amide bonds. The first-order valence-electron chi connectivity index (χ1n) is 9.50. The van der Waals surface area contributed by atoms with Crippen LogP contribution < -0.4 is 0 Å². The first-order valence-corrected chi connectivity index (χ1v) is 9.88. The normalized spacial score (nSPS) is 19.1. The van der Waals surface area contributed by atoms with Crippen LogP contribution in [-0.4, -0.2) is 32.6 Å². The van der Waals surface area contributed by atoms with Gasteiger partial charge in [0.15, 0.2) is 0 Å². The second-order valence-electron chi connectivity index (χ2n) is 7.49. The molecule has 0 saturated heterocycles. The van der Waals surface area contributed by atoms with Gasteiger partial charge in [-0.1, -0.05) is 41.9 Å². The van der Waals surface area contributed by atoms with E-state index in [0.29, 0.717) is 6.04 Å². The van der Waals surface area contributed by atoms with Crippen molar-refractivity contribution < 1.29 is 5.11 Å². The van der Waals surface area contributed by atoms with Crippen molar-refractivity contribution in [3.63, 3.8) is 0 Å². The predicted molar refractivity (Wildman–Crippen MR) is 107 cm³/mol. The molecule has 0 spiro atoms. The number of benzene rings is 2. The zero-order valence-electron chi connectivity index (χ0n) is 15.1. The summed E-state index contributed by atoms with van der Waals surface area (Å²) in [5.41, 5.74) is 7.13. The van der Waals surface area contributed by atoms with Gasteiger partial charge in [-0.3, -0.25) is 4.90 Å². The Balaban J connectivity index is 1.37. The summed E-state index contributed by atoms with van der Waals surface area (Å²) in [6, 6.07) is 14.6. The van der Waals surface area contributed by atoms with Gasteiger partial charge in [-0.25, -0.2) is 4.98 Å². The second-order valence-corrected chi connectivity index (χ2v) is 7.89. The van der Waals surface area contributed by atoms with E-state index in [-0.39, 0.29) is 6.61 Å². The van der Waals surface area contributed by atoms with Crippen LogP contribution in [0, 0.1) is 0 Å². The lowest BCUT2D eigenvalue weighted by atomic mass is 10.0. The molecular formula is C22H22ClN3O. The predicted octanol–water partition coefficient (Wildman–Crippen LogP) is 3.75. The number of H-pyrrole nitrogens is 1. The molecule has 1 atom stereocenters. The van der Waals surface area contributed by atoms with Crippen molar-refractivity contribution in [2.75, 3.05) is 6.54 Å². The molecule has 0 bridgehead atoms. The van der Waals surface area contributed by atoms with Gasteiger partial charge < -0.3 is 10.1 Å². The number of hydrogen-bond donors (Lipinski definition) is 2. The van der Waals surface area contributed by atoms with Crippen molar-refractivity contribution in [2.45, 2.75) is 38.5 Å². The average molecular weight is 380 g/mol. The quantitative estimate of drug-likeness (QED) is 0.728. The van der Waals surface area contributed by atoms with Crippen LogP contribution in [0.5, 0.6) is 0 Å². The molecule has 0 fully saturated rings. The van der Waals surface area contributed by atoms with E-state index in [1.54, 1.807) is 0 Å². The van der Waals surface area contributed by atoms with Gasteiger partial charge in [0.25, 0.3) is 0 Å². The zero-order valence-corrected chi connectivity index (χ0v) is 15.8. The van der Waals surface area contributed by atoms with Crippen LogP contribution in [0.3, 0.4) is 0 Å². The number of nitrogens with one attached hydrogen (secondary N) is 1. The topological polar surface area (TPSA) is 52.1 Å². The first kappa shape index (κ1) is 17.0. The number of aliphatic hydroxyl groups is 1. The van der Waals surface area contributed by atoms with Gasteiger partial charge in [0, 0.05) is 31.1 Å². The Hall–Kier alpha value is -2.14. The number of halogens is 1. The summed E-state index contributed by atoms with van der Waals surface area (Å²) in [4.78, 5) is 10.9. The smallest absolute Gasteiger partial charge is 0.139 e. The van der Waals surface area contributed by atoms with E-state index >= 15 is 0 Å². The van der Waals surface area contributed by atoms with Gasteiger partial charge in [-0.05, 0) is 41.7 Å². The van der Waals surface area contributed by atoms with Crippen molar-refractivity contribution in [1.82, 2.24) is 14.9 Å². The Morgan fingerprint density at radius 3 is 2.89 bits per heavy atom. The standard InChI is InChI=1S/C22H22ClN3O/c23-19-7-2-1-6-17(19)22-24-20-8-9-26(12-21(20)25-22)16-10-14-4-3-5-15(13-27)18(14)11-16/h1-7,16,27H,8-13H2,(H,24,25). The van der Waals surface area contributed by atoms with E-state index in [1.807, 2.05) is 30.3 Å². The fraction of sp³-hybridized carbons (Fsp3) is 0.318. The van der Waals surface area contributed by atoms with Crippen LogP contribution in [0.1, 0.15) is 28.1 Å². The molecule has 1 unspecified atom stereocenters. The third-order valence-corrected chi connectivity index (χ3v) is 6.27. The lowest BCUT2D eigenvalue weighted by molar-refractivity contribution is 0.180. The van der Waals surface area contributed by atoms with Crippen LogP contribution in [0.4, 0.5) is 0 Å². The molecule has 5 heteroatoms. The highest BCUT2D eigenvalue weighted by Gasteiger charge is 2.31. The number of aromatic nitrogens is 2. The molecule has 2 heterocycles. The molecule has 3 aromatic rings. The van der Waals surface area contributed by atoms with Gasteiger partial charge in [-0.15, -0.1) is 0 Å². The summed E-state index contributed by atoms with van der Waals surface area (Å²) in [5, 5.41) is 10.3. The lowest BCUT2D eigenvalue weighted by Crippen LogP contribution is -2.39. The van der Waals surface area contributed by atoms with Gasteiger partial charge >= 0.3 is 0 Å². The number of aromatic amines is 1. The molecule has 4 nitrogen and oxygen atoms in total. The van der Waals surface area contributed by atoms with Crippen molar-refractivity contribution >= 4 is 11.6 Å². The highest BCUT2D eigenvalue weighted by molar-refractivity contribution is 6.33. The molecule has 27 heavy (non-hydrogen) atoms. The Morgan fingerprint density at radius 2 is 2.04 bits per heavy atom. The number of rotatable bonds is 3. The van der Waals surface area contributed by atoms with E-state index in [1.165, 1.54) is 16.8 Å². The zero-order chi connectivity index (χ0) is 18.4. The number of aliphatic hydroxyl groups excluding tert-OH is 1. The van der Waals surface area contributed by atoms with E-state index in [4.69, 9.17) is 16.6 Å². The van der Waals surface area contributed by atoms with E-state index < -0.39 is 0 Å². The highest BCUT2D eigenvalue weighted by Crippen LogP contribution is 2.32. The number of hydrogen-bond acceptors (Lipinski definition) is 3. The number of imidazole rings is 1. The van der Waals surface area contributed by atoms with Crippen molar-refractivity contribution in [1.29, 1.82) is 0 Å². The molecule has 2 N–H and O–H groups in total. The van der Waals surface area contributed by atoms with E-state index in [2.05, 4.69) is 22.0 Å². The third kappa shape index (κ3) is 2.98. The van der Waals surface area contributed by atoms with Crippen LogP contribution >= 0.6 is 11.6 Å². The Labute approximate surface area is 163 Å². The van der Waals surface area contributed by atoms with Crippen LogP contribution in [-0.2, 0) is 32.4 Å². The van der Waals surface area contributed by atoms with Crippen molar-refractivity contribution in [3.05, 3.63) is 75.6 Å². The fourth-order valence-electron chi connectivity index (χ4n) is 4.52.